The maximum Gasteiger partial charge on any atom is 0.261 e. The van der Waals surface area contributed by atoms with Gasteiger partial charge < -0.3 is 5.32 Å². The highest BCUT2D eigenvalue weighted by molar-refractivity contribution is 7.92. The van der Waals surface area contributed by atoms with Crippen LogP contribution in [0.3, 0.4) is 0 Å². The van der Waals surface area contributed by atoms with Gasteiger partial charge in [0.15, 0.2) is 11.6 Å². The maximum absolute atomic E-state index is 12.6. The standard InChI is InChI=1S/C21H18N2O4S2/c1-15(24)16-4-2-5-18(14-16)23-29(26,27)19-9-7-17(8-10-19)22-12-11-20(25)21-6-3-13-28-21/h2-14,22-23H,1H3. The molecule has 0 aliphatic heterocycles. The van der Waals surface area contributed by atoms with E-state index in [9.17, 15) is 18.0 Å². The lowest BCUT2D eigenvalue weighted by atomic mass is 10.1. The number of ketones is 2. The number of hydrogen-bond acceptors (Lipinski definition) is 6. The first-order valence-electron chi connectivity index (χ1n) is 8.60. The largest absolute Gasteiger partial charge is 0.362 e. The van der Waals surface area contributed by atoms with E-state index in [0.717, 1.165) is 0 Å². The number of Topliss-reactive ketones (excluding diaryl/α,β-unsaturated/α-hetero) is 1. The van der Waals surface area contributed by atoms with E-state index in [0.29, 0.717) is 21.8 Å². The van der Waals surface area contributed by atoms with Crippen LogP contribution in [-0.4, -0.2) is 20.0 Å². The van der Waals surface area contributed by atoms with Crippen LogP contribution >= 0.6 is 11.3 Å². The van der Waals surface area contributed by atoms with Gasteiger partial charge in [-0.1, -0.05) is 18.2 Å². The molecule has 0 amide bonds. The Kier molecular flexibility index (Phi) is 6.26. The zero-order valence-corrected chi connectivity index (χ0v) is 17.1. The van der Waals surface area contributed by atoms with E-state index in [1.54, 1.807) is 36.4 Å². The van der Waals surface area contributed by atoms with Crippen molar-refractivity contribution in [1.82, 2.24) is 0 Å². The summed E-state index contributed by atoms with van der Waals surface area (Å²) in [7, 11) is -3.80. The molecule has 0 aliphatic carbocycles. The fourth-order valence-corrected chi connectivity index (χ4v) is 4.16. The third-order valence-corrected chi connectivity index (χ3v) is 6.22. The number of rotatable bonds is 8. The molecule has 0 saturated carbocycles. The summed E-state index contributed by atoms with van der Waals surface area (Å²) in [6.07, 6.45) is 2.93. The Balaban J connectivity index is 1.66. The topological polar surface area (TPSA) is 92.3 Å². The van der Waals surface area contributed by atoms with Crippen molar-refractivity contribution in [3.63, 3.8) is 0 Å². The Labute approximate surface area is 173 Å². The van der Waals surface area contributed by atoms with Crippen LogP contribution < -0.4 is 10.0 Å². The molecular weight excluding hydrogens is 408 g/mol. The van der Waals surface area contributed by atoms with Crippen LogP contribution in [-0.2, 0) is 10.0 Å². The molecule has 0 fully saturated rings. The van der Waals surface area contributed by atoms with Crippen LogP contribution in [0.15, 0.2) is 83.2 Å². The van der Waals surface area contributed by atoms with E-state index in [1.807, 2.05) is 11.4 Å². The molecule has 0 saturated heterocycles. The Morgan fingerprint density at radius 2 is 1.72 bits per heavy atom. The summed E-state index contributed by atoms with van der Waals surface area (Å²) < 4.78 is 27.6. The predicted molar refractivity (Wildman–Crippen MR) is 115 cm³/mol. The minimum Gasteiger partial charge on any atom is -0.362 e. The normalized spacial score (nSPS) is 11.3. The number of nitrogens with one attached hydrogen (secondary N) is 2. The van der Waals surface area contributed by atoms with Gasteiger partial charge in [-0.2, -0.15) is 0 Å². The molecule has 148 valence electrons. The number of hydrogen-bond donors (Lipinski definition) is 2. The molecular formula is C21H18N2O4S2. The van der Waals surface area contributed by atoms with Gasteiger partial charge in [-0.25, -0.2) is 8.42 Å². The SMILES string of the molecule is CC(=O)c1cccc(NS(=O)(=O)c2ccc(NC=CC(=O)c3cccs3)cc2)c1. The highest BCUT2D eigenvalue weighted by Crippen LogP contribution is 2.19. The van der Waals surface area contributed by atoms with Crippen molar-refractivity contribution in [2.45, 2.75) is 11.8 Å². The van der Waals surface area contributed by atoms with Gasteiger partial charge in [-0.05, 0) is 54.8 Å². The van der Waals surface area contributed by atoms with Gasteiger partial charge in [0.2, 0.25) is 0 Å². The number of allylic oxidation sites excluding steroid dienone is 1. The summed E-state index contributed by atoms with van der Waals surface area (Å²) >= 11 is 1.36. The average Bonchev–Trinajstić information content (AvgIpc) is 3.23. The van der Waals surface area contributed by atoms with Gasteiger partial charge in [-0.3, -0.25) is 14.3 Å². The van der Waals surface area contributed by atoms with Gasteiger partial charge in [0.1, 0.15) is 0 Å². The highest BCUT2D eigenvalue weighted by Gasteiger charge is 2.14. The fraction of sp³-hybridized carbons (Fsp3) is 0.0476. The van der Waals surface area contributed by atoms with E-state index < -0.39 is 10.0 Å². The molecule has 0 aliphatic rings. The molecule has 1 heterocycles. The second-order valence-electron chi connectivity index (χ2n) is 6.09. The quantitative estimate of drug-likeness (QED) is 0.407. The molecule has 3 aromatic rings. The summed E-state index contributed by atoms with van der Waals surface area (Å²) in [5, 5.41) is 4.77. The van der Waals surface area contributed by atoms with E-state index in [4.69, 9.17) is 0 Å². The predicted octanol–water partition coefficient (Wildman–Crippen LogP) is 4.56. The fourth-order valence-electron chi connectivity index (χ4n) is 2.46. The lowest BCUT2D eigenvalue weighted by molar-refractivity contribution is 0.101. The number of thiophene rings is 1. The molecule has 0 unspecified atom stereocenters. The summed E-state index contributed by atoms with van der Waals surface area (Å²) in [6, 6.07) is 16.0. The molecule has 2 aromatic carbocycles. The lowest BCUT2D eigenvalue weighted by Gasteiger charge is -2.09. The maximum atomic E-state index is 12.6. The Hall–Kier alpha value is -3.23. The van der Waals surface area contributed by atoms with Crippen molar-refractivity contribution in [3.8, 4) is 0 Å². The van der Waals surface area contributed by atoms with Crippen molar-refractivity contribution in [2.75, 3.05) is 10.0 Å². The first-order valence-corrected chi connectivity index (χ1v) is 11.0. The van der Waals surface area contributed by atoms with Gasteiger partial charge in [0, 0.05) is 29.2 Å². The number of benzene rings is 2. The van der Waals surface area contributed by atoms with E-state index in [2.05, 4.69) is 10.0 Å². The summed E-state index contributed by atoms with van der Waals surface area (Å²) in [5.74, 6) is -0.254. The van der Waals surface area contributed by atoms with Crippen LogP contribution in [0.4, 0.5) is 11.4 Å². The molecule has 1 aromatic heterocycles. The first kappa shape index (κ1) is 20.5. The third kappa shape index (κ3) is 5.40. The van der Waals surface area contributed by atoms with Crippen LogP contribution in [0.1, 0.15) is 27.0 Å². The Morgan fingerprint density at radius 3 is 2.38 bits per heavy atom. The highest BCUT2D eigenvalue weighted by atomic mass is 32.2. The van der Waals surface area contributed by atoms with Crippen molar-refractivity contribution in [1.29, 1.82) is 0 Å². The third-order valence-electron chi connectivity index (χ3n) is 3.93. The molecule has 2 N–H and O–H groups in total. The Bertz CT molecular complexity index is 1150. The number of anilines is 2. The van der Waals surface area contributed by atoms with Crippen LogP contribution in [0.5, 0.6) is 0 Å². The molecule has 3 rings (SSSR count). The molecule has 6 nitrogen and oxygen atoms in total. The van der Waals surface area contributed by atoms with Crippen LogP contribution in [0, 0.1) is 0 Å². The molecule has 29 heavy (non-hydrogen) atoms. The number of sulfonamides is 1. The van der Waals surface area contributed by atoms with Crippen LogP contribution in [0.25, 0.3) is 0 Å². The van der Waals surface area contributed by atoms with Gasteiger partial charge >= 0.3 is 0 Å². The second kappa shape index (κ2) is 8.85. The van der Waals surface area contributed by atoms with Crippen molar-refractivity contribution in [3.05, 3.63) is 88.8 Å². The lowest BCUT2D eigenvalue weighted by Crippen LogP contribution is -2.13. The summed E-state index contributed by atoms with van der Waals surface area (Å²) in [6.45, 7) is 1.42. The smallest absolute Gasteiger partial charge is 0.261 e. The molecule has 0 bridgehead atoms. The zero-order valence-electron chi connectivity index (χ0n) is 15.5. The second-order valence-corrected chi connectivity index (χ2v) is 8.72. The monoisotopic (exact) mass is 426 g/mol. The molecule has 8 heteroatoms. The first-order chi connectivity index (χ1) is 13.8. The zero-order chi connectivity index (χ0) is 20.9. The van der Waals surface area contributed by atoms with E-state index >= 15 is 0 Å². The number of carbonyl (C=O) groups excluding carboxylic acids is 2. The molecule has 0 atom stereocenters. The summed E-state index contributed by atoms with van der Waals surface area (Å²) in [4.78, 5) is 24.1. The minimum atomic E-state index is -3.80. The molecule has 0 radical (unpaired) electrons. The average molecular weight is 427 g/mol. The number of carbonyl (C=O) groups is 2. The van der Waals surface area contributed by atoms with Gasteiger partial charge in [0.05, 0.1) is 9.77 Å². The van der Waals surface area contributed by atoms with Gasteiger partial charge in [0.25, 0.3) is 10.0 Å². The van der Waals surface area contributed by atoms with Crippen molar-refractivity contribution in [2.24, 2.45) is 0 Å². The van der Waals surface area contributed by atoms with Crippen molar-refractivity contribution < 1.29 is 18.0 Å². The molecule has 0 spiro atoms. The van der Waals surface area contributed by atoms with E-state index in [-0.39, 0.29) is 16.5 Å². The Morgan fingerprint density at radius 1 is 0.966 bits per heavy atom. The van der Waals surface area contributed by atoms with E-state index in [1.165, 1.54) is 48.7 Å². The van der Waals surface area contributed by atoms with Crippen LogP contribution in [0.2, 0.25) is 0 Å². The van der Waals surface area contributed by atoms with Gasteiger partial charge in [-0.15, -0.1) is 11.3 Å². The minimum absolute atomic E-state index is 0.0786. The van der Waals surface area contributed by atoms with Crippen molar-refractivity contribution >= 4 is 44.3 Å². The summed E-state index contributed by atoms with van der Waals surface area (Å²) in [5.41, 5.74) is 1.38.